The van der Waals surface area contributed by atoms with Crippen LogP contribution in [0.2, 0.25) is 0 Å². The lowest BCUT2D eigenvalue weighted by Gasteiger charge is -2.12. The third-order valence-corrected chi connectivity index (χ3v) is 3.65. The van der Waals surface area contributed by atoms with Crippen LogP contribution in [0.15, 0.2) is 0 Å². The molecule has 3 nitrogen and oxygen atoms in total. The minimum absolute atomic E-state index is 0.164. The molecule has 0 aromatic rings. The zero-order valence-electron chi connectivity index (χ0n) is 10.3. The fourth-order valence-corrected chi connectivity index (χ4v) is 2.54. The van der Waals surface area contributed by atoms with Gasteiger partial charge in [0.25, 0.3) is 0 Å². The van der Waals surface area contributed by atoms with Crippen molar-refractivity contribution in [1.29, 1.82) is 0 Å². The zero-order valence-corrected chi connectivity index (χ0v) is 11.1. The summed E-state index contributed by atoms with van der Waals surface area (Å²) in [6, 6.07) is 0.450. The van der Waals surface area contributed by atoms with Crippen molar-refractivity contribution >= 4 is 17.7 Å². The number of nitrogens with one attached hydrogen (secondary N) is 2. The quantitative estimate of drug-likeness (QED) is 0.640. The highest BCUT2D eigenvalue weighted by Crippen LogP contribution is 2.17. The van der Waals surface area contributed by atoms with E-state index < -0.39 is 0 Å². The molecule has 1 aliphatic rings. The molecule has 16 heavy (non-hydrogen) atoms. The fraction of sp³-hybridized carbons (Fsp3) is 0.917. The average molecular weight is 244 g/mol. The van der Waals surface area contributed by atoms with Crippen molar-refractivity contribution in [3.8, 4) is 0 Å². The van der Waals surface area contributed by atoms with Crippen LogP contribution in [0.1, 0.15) is 38.5 Å². The monoisotopic (exact) mass is 244 g/mol. The Morgan fingerprint density at radius 2 is 2.06 bits per heavy atom. The summed E-state index contributed by atoms with van der Waals surface area (Å²) in [7, 11) is 0. The van der Waals surface area contributed by atoms with Gasteiger partial charge in [0, 0.05) is 6.04 Å². The summed E-state index contributed by atoms with van der Waals surface area (Å²) in [6.07, 6.45) is 9.40. The molecule has 0 spiro atoms. The summed E-state index contributed by atoms with van der Waals surface area (Å²) < 4.78 is 0. The van der Waals surface area contributed by atoms with Gasteiger partial charge < -0.3 is 10.6 Å². The van der Waals surface area contributed by atoms with Crippen molar-refractivity contribution in [3.05, 3.63) is 0 Å². The summed E-state index contributed by atoms with van der Waals surface area (Å²) in [5.74, 6) is 1.38. The molecule has 0 aromatic heterocycles. The van der Waals surface area contributed by atoms with Crippen LogP contribution in [0, 0.1) is 0 Å². The number of rotatable bonds is 8. The lowest BCUT2D eigenvalue weighted by Crippen LogP contribution is -2.39. The largest absolute Gasteiger partial charge is 0.352 e. The Hall–Kier alpha value is -0.220. The predicted molar refractivity (Wildman–Crippen MR) is 70.9 cm³/mol. The molecule has 1 saturated carbocycles. The maximum atomic E-state index is 11.5. The van der Waals surface area contributed by atoms with E-state index in [1.54, 1.807) is 0 Å². The van der Waals surface area contributed by atoms with Crippen LogP contribution in [0.25, 0.3) is 0 Å². The summed E-state index contributed by atoms with van der Waals surface area (Å²) >= 11 is 1.88. The highest BCUT2D eigenvalue weighted by molar-refractivity contribution is 7.98. The zero-order chi connectivity index (χ0) is 11.6. The molecule has 0 heterocycles. The van der Waals surface area contributed by atoms with Crippen LogP contribution in [-0.4, -0.2) is 37.0 Å². The third-order valence-electron chi connectivity index (χ3n) is 2.96. The Labute approximate surface area is 103 Å². The number of hydrogen-bond donors (Lipinski definition) is 2. The van der Waals surface area contributed by atoms with Crippen LogP contribution < -0.4 is 10.6 Å². The van der Waals surface area contributed by atoms with Crippen molar-refractivity contribution in [3.63, 3.8) is 0 Å². The van der Waals surface area contributed by atoms with Crippen LogP contribution in [0.5, 0.6) is 0 Å². The first-order valence-corrected chi connectivity index (χ1v) is 7.71. The van der Waals surface area contributed by atoms with E-state index in [0.717, 1.165) is 13.0 Å². The van der Waals surface area contributed by atoms with Gasteiger partial charge in [-0.3, -0.25) is 4.79 Å². The normalized spacial score (nSPS) is 16.6. The Morgan fingerprint density at radius 1 is 1.31 bits per heavy atom. The van der Waals surface area contributed by atoms with Gasteiger partial charge in [0.1, 0.15) is 0 Å². The number of amides is 1. The summed E-state index contributed by atoms with van der Waals surface area (Å²) in [4.78, 5) is 11.5. The van der Waals surface area contributed by atoms with Gasteiger partial charge in [0.05, 0.1) is 6.54 Å². The van der Waals surface area contributed by atoms with E-state index in [2.05, 4.69) is 16.9 Å². The molecule has 0 aromatic carbocycles. The standard InChI is InChI=1S/C12H24N2OS/c1-16-9-5-4-8-13-10-12(15)14-11-6-2-3-7-11/h11,13H,2-10H2,1H3,(H,14,15). The summed E-state index contributed by atoms with van der Waals surface area (Å²) in [5.41, 5.74) is 0. The Bertz CT molecular complexity index is 193. The summed E-state index contributed by atoms with van der Waals surface area (Å²) in [5, 5.41) is 6.27. The van der Waals surface area contributed by atoms with Crippen molar-refractivity contribution < 1.29 is 4.79 Å². The molecular formula is C12H24N2OS. The molecule has 1 rings (SSSR count). The maximum Gasteiger partial charge on any atom is 0.234 e. The van der Waals surface area contributed by atoms with E-state index in [1.165, 1.54) is 37.9 Å². The molecule has 1 aliphatic carbocycles. The number of hydrogen-bond acceptors (Lipinski definition) is 3. The van der Waals surface area contributed by atoms with Gasteiger partial charge in [-0.25, -0.2) is 0 Å². The second kappa shape index (κ2) is 8.88. The summed E-state index contributed by atoms with van der Waals surface area (Å²) in [6.45, 7) is 1.44. The first kappa shape index (κ1) is 13.8. The fourth-order valence-electron chi connectivity index (χ4n) is 2.05. The van der Waals surface area contributed by atoms with Crippen LogP contribution in [-0.2, 0) is 4.79 Å². The second-order valence-electron chi connectivity index (χ2n) is 4.43. The third kappa shape index (κ3) is 6.38. The maximum absolute atomic E-state index is 11.5. The predicted octanol–water partition coefficient (Wildman–Crippen LogP) is 1.78. The van der Waals surface area contributed by atoms with Gasteiger partial charge >= 0.3 is 0 Å². The molecule has 0 saturated heterocycles. The molecule has 1 amide bonds. The van der Waals surface area contributed by atoms with Crippen molar-refractivity contribution in [2.45, 2.75) is 44.6 Å². The van der Waals surface area contributed by atoms with E-state index in [1.807, 2.05) is 11.8 Å². The van der Waals surface area contributed by atoms with E-state index in [4.69, 9.17) is 0 Å². The molecule has 0 radical (unpaired) electrons. The minimum atomic E-state index is 0.164. The van der Waals surface area contributed by atoms with Gasteiger partial charge in [0.2, 0.25) is 5.91 Å². The smallest absolute Gasteiger partial charge is 0.234 e. The van der Waals surface area contributed by atoms with E-state index >= 15 is 0 Å². The minimum Gasteiger partial charge on any atom is -0.352 e. The van der Waals surface area contributed by atoms with E-state index in [9.17, 15) is 4.79 Å². The molecule has 0 unspecified atom stereocenters. The number of unbranched alkanes of at least 4 members (excludes halogenated alkanes) is 1. The van der Waals surface area contributed by atoms with Gasteiger partial charge in [-0.1, -0.05) is 12.8 Å². The lowest BCUT2D eigenvalue weighted by atomic mass is 10.2. The van der Waals surface area contributed by atoms with E-state index in [-0.39, 0.29) is 5.91 Å². The van der Waals surface area contributed by atoms with Crippen LogP contribution in [0.3, 0.4) is 0 Å². The molecule has 0 bridgehead atoms. The van der Waals surface area contributed by atoms with Crippen molar-refractivity contribution in [2.24, 2.45) is 0 Å². The number of thioether (sulfide) groups is 1. The van der Waals surface area contributed by atoms with Crippen molar-refractivity contribution in [1.82, 2.24) is 10.6 Å². The van der Waals surface area contributed by atoms with Crippen molar-refractivity contribution in [2.75, 3.05) is 25.1 Å². The van der Waals surface area contributed by atoms with Crippen LogP contribution in [0.4, 0.5) is 0 Å². The average Bonchev–Trinajstić information content (AvgIpc) is 2.76. The number of carbonyl (C=O) groups is 1. The Balaban J connectivity index is 1.89. The first-order chi connectivity index (χ1) is 7.83. The molecule has 94 valence electrons. The molecular weight excluding hydrogens is 220 g/mol. The molecule has 0 aliphatic heterocycles. The SMILES string of the molecule is CSCCCCNCC(=O)NC1CCCC1. The Morgan fingerprint density at radius 3 is 2.75 bits per heavy atom. The molecule has 0 atom stereocenters. The number of carbonyl (C=O) groups excluding carboxylic acids is 1. The first-order valence-electron chi connectivity index (χ1n) is 6.32. The van der Waals surface area contributed by atoms with Gasteiger partial charge in [-0.2, -0.15) is 11.8 Å². The highest BCUT2D eigenvalue weighted by atomic mass is 32.2. The van der Waals surface area contributed by atoms with E-state index in [0.29, 0.717) is 12.6 Å². The lowest BCUT2D eigenvalue weighted by molar-refractivity contribution is -0.120. The second-order valence-corrected chi connectivity index (χ2v) is 5.41. The highest BCUT2D eigenvalue weighted by Gasteiger charge is 2.16. The van der Waals surface area contributed by atoms with Crippen LogP contribution >= 0.6 is 11.8 Å². The molecule has 2 N–H and O–H groups in total. The molecule has 1 fully saturated rings. The van der Waals surface area contributed by atoms with Gasteiger partial charge in [0.15, 0.2) is 0 Å². The molecule has 4 heteroatoms. The van der Waals surface area contributed by atoms with Gasteiger partial charge in [-0.15, -0.1) is 0 Å². The Kier molecular flexibility index (Phi) is 7.68. The topological polar surface area (TPSA) is 41.1 Å². The van der Waals surface area contributed by atoms with Gasteiger partial charge in [-0.05, 0) is 44.2 Å².